The van der Waals surface area contributed by atoms with Crippen molar-refractivity contribution in [3.05, 3.63) is 18.2 Å². The van der Waals surface area contributed by atoms with Crippen LogP contribution in [0.5, 0.6) is 11.8 Å². The van der Waals surface area contributed by atoms with E-state index in [2.05, 4.69) is 48.7 Å². The number of nitrogen functional groups attached to an aromatic ring is 1. The van der Waals surface area contributed by atoms with Crippen LogP contribution in [0.25, 0.3) is 0 Å². The van der Waals surface area contributed by atoms with Gasteiger partial charge in [-0.2, -0.15) is 9.97 Å². The van der Waals surface area contributed by atoms with Crippen LogP contribution in [0.3, 0.4) is 0 Å². The Bertz CT molecular complexity index is 954. The van der Waals surface area contributed by atoms with Crippen molar-refractivity contribution in [2.24, 2.45) is 0 Å². The fraction of sp³-hybridized carbons (Fsp3) is 0.421. The first kappa shape index (κ1) is 22.6. The first-order chi connectivity index (χ1) is 14.8. The van der Waals surface area contributed by atoms with Gasteiger partial charge in [0.2, 0.25) is 17.7 Å². The molecule has 1 amide bonds. The van der Waals surface area contributed by atoms with Crippen molar-refractivity contribution >= 4 is 35.3 Å². The second-order valence-corrected chi connectivity index (χ2v) is 7.94. The Labute approximate surface area is 185 Å². The highest BCUT2D eigenvalue weighted by Gasteiger charge is 2.24. The van der Waals surface area contributed by atoms with Crippen LogP contribution >= 0.6 is 11.8 Å². The number of aromatic nitrogens is 4. The number of nitrogens with zero attached hydrogens (tertiary/aromatic N) is 6. The van der Waals surface area contributed by atoms with E-state index in [0.29, 0.717) is 28.2 Å². The average molecular weight is 447 g/mol. The first-order valence-corrected chi connectivity index (χ1v) is 10.3. The van der Waals surface area contributed by atoms with E-state index in [9.17, 15) is 4.79 Å². The molecule has 1 aliphatic rings. The van der Waals surface area contributed by atoms with Crippen molar-refractivity contribution in [3.63, 3.8) is 0 Å². The molecule has 3 rings (SSSR count). The number of likely N-dealkylation sites (N-methyl/N-ethyl adjacent to an activating group) is 1. The third kappa shape index (κ3) is 5.52. The molecule has 3 heterocycles. The number of methoxy groups -OCH3 is 2. The van der Waals surface area contributed by atoms with Gasteiger partial charge in [0.1, 0.15) is 16.5 Å². The van der Waals surface area contributed by atoms with Crippen molar-refractivity contribution in [1.82, 2.24) is 24.8 Å². The van der Waals surface area contributed by atoms with Crippen molar-refractivity contribution in [2.75, 3.05) is 63.4 Å². The van der Waals surface area contributed by atoms with E-state index in [-0.39, 0.29) is 22.7 Å². The highest BCUT2D eigenvalue weighted by atomic mass is 32.2. The lowest BCUT2D eigenvalue weighted by Gasteiger charge is -2.32. The van der Waals surface area contributed by atoms with E-state index in [1.807, 2.05) is 0 Å². The third-order valence-corrected chi connectivity index (χ3v) is 5.43. The van der Waals surface area contributed by atoms with Gasteiger partial charge >= 0.3 is 0 Å². The van der Waals surface area contributed by atoms with Crippen LogP contribution in [-0.2, 0) is 4.79 Å². The Hall–Kier alpha value is -3.12. The number of nitrogens with one attached hydrogen (secondary N) is 1. The maximum absolute atomic E-state index is 11.9. The lowest BCUT2D eigenvalue weighted by molar-refractivity contribution is -0.112. The van der Waals surface area contributed by atoms with Crippen LogP contribution in [0.2, 0.25) is 0 Å². The molecular formula is C19H26N8O3S. The van der Waals surface area contributed by atoms with Crippen molar-refractivity contribution in [2.45, 2.75) is 17.0 Å². The number of anilines is 3. The van der Waals surface area contributed by atoms with Gasteiger partial charge in [-0.25, -0.2) is 9.97 Å². The van der Waals surface area contributed by atoms with E-state index in [0.717, 1.165) is 37.9 Å². The molecule has 31 heavy (non-hydrogen) atoms. The molecule has 2 aromatic rings. The van der Waals surface area contributed by atoms with Gasteiger partial charge in [-0.1, -0.05) is 6.58 Å². The number of rotatable bonds is 7. The Morgan fingerprint density at radius 2 is 1.74 bits per heavy atom. The van der Waals surface area contributed by atoms with E-state index in [1.54, 1.807) is 6.92 Å². The molecule has 0 aromatic carbocycles. The average Bonchev–Trinajstić information content (AvgIpc) is 2.73. The summed E-state index contributed by atoms with van der Waals surface area (Å²) in [6.07, 6.45) is 0. The molecule has 1 fully saturated rings. The highest BCUT2D eigenvalue weighted by molar-refractivity contribution is 7.99. The second-order valence-electron chi connectivity index (χ2n) is 6.96. The summed E-state index contributed by atoms with van der Waals surface area (Å²) in [5, 5.41) is 2.92. The van der Waals surface area contributed by atoms with Gasteiger partial charge in [0.05, 0.1) is 14.2 Å². The zero-order valence-corrected chi connectivity index (χ0v) is 18.8. The SMILES string of the molecule is C=C(C)C(=O)Nc1cc(N)nc(Sc2c(OC)nc(N3CCN(C)CC3)nc2OC)n1. The molecule has 1 saturated heterocycles. The molecule has 0 saturated carbocycles. The summed E-state index contributed by atoms with van der Waals surface area (Å²) in [7, 11) is 5.13. The van der Waals surface area contributed by atoms with E-state index >= 15 is 0 Å². The van der Waals surface area contributed by atoms with Gasteiger partial charge in [-0.3, -0.25) is 4.79 Å². The maximum atomic E-state index is 11.9. The Kier molecular flexibility index (Phi) is 7.13. The van der Waals surface area contributed by atoms with Gasteiger partial charge in [0.15, 0.2) is 5.16 Å². The number of ether oxygens (including phenoxy) is 2. The van der Waals surface area contributed by atoms with E-state index in [1.165, 1.54) is 20.3 Å². The minimum absolute atomic E-state index is 0.197. The molecule has 1 aliphatic heterocycles. The summed E-state index contributed by atoms with van der Waals surface area (Å²) in [6, 6.07) is 1.46. The highest BCUT2D eigenvalue weighted by Crippen LogP contribution is 2.40. The lowest BCUT2D eigenvalue weighted by atomic mass is 10.3. The molecule has 0 atom stereocenters. The van der Waals surface area contributed by atoms with Crippen LogP contribution in [-0.4, -0.2) is 78.2 Å². The summed E-state index contributed by atoms with van der Waals surface area (Å²) < 4.78 is 11.0. The summed E-state index contributed by atoms with van der Waals surface area (Å²) in [5.74, 6) is 1.31. The molecule has 3 N–H and O–H groups in total. The van der Waals surface area contributed by atoms with Crippen LogP contribution in [0.15, 0.2) is 28.3 Å². The van der Waals surface area contributed by atoms with Crippen molar-refractivity contribution in [3.8, 4) is 11.8 Å². The number of hydrogen-bond donors (Lipinski definition) is 2. The van der Waals surface area contributed by atoms with Crippen molar-refractivity contribution in [1.29, 1.82) is 0 Å². The Morgan fingerprint density at radius 3 is 2.29 bits per heavy atom. The Balaban J connectivity index is 1.91. The number of carbonyl (C=O) groups is 1. The predicted molar refractivity (Wildman–Crippen MR) is 119 cm³/mol. The fourth-order valence-electron chi connectivity index (χ4n) is 2.78. The first-order valence-electron chi connectivity index (χ1n) is 9.53. The van der Waals surface area contributed by atoms with Crippen LogP contribution in [0.1, 0.15) is 6.92 Å². The third-order valence-electron chi connectivity index (χ3n) is 4.51. The smallest absolute Gasteiger partial charge is 0.251 e. The zero-order valence-electron chi connectivity index (χ0n) is 18.0. The molecule has 0 spiro atoms. The zero-order chi connectivity index (χ0) is 22.5. The van der Waals surface area contributed by atoms with E-state index < -0.39 is 0 Å². The number of carbonyl (C=O) groups excluding carboxylic acids is 1. The maximum Gasteiger partial charge on any atom is 0.251 e. The minimum atomic E-state index is -0.357. The normalized spacial score (nSPS) is 14.3. The molecule has 0 unspecified atom stereocenters. The van der Waals surface area contributed by atoms with E-state index in [4.69, 9.17) is 15.2 Å². The molecule has 0 aliphatic carbocycles. The van der Waals surface area contributed by atoms with Gasteiger partial charge in [-0.05, 0) is 25.7 Å². The number of piperazine rings is 1. The molecule has 0 radical (unpaired) electrons. The van der Waals surface area contributed by atoms with Crippen LogP contribution in [0, 0.1) is 0 Å². The molecule has 2 aromatic heterocycles. The van der Waals surface area contributed by atoms with Gasteiger partial charge in [-0.15, -0.1) is 0 Å². The van der Waals surface area contributed by atoms with Gasteiger partial charge in [0.25, 0.3) is 5.91 Å². The van der Waals surface area contributed by atoms with Crippen LogP contribution < -0.4 is 25.4 Å². The molecule has 166 valence electrons. The van der Waals surface area contributed by atoms with Gasteiger partial charge in [0, 0.05) is 37.8 Å². The topological polar surface area (TPSA) is 132 Å². The Morgan fingerprint density at radius 1 is 1.13 bits per heavy atom. The summed E-state index contributed by atoms with van der Waals surface area (Å²) >= 11 is 1.13. The van der Waals surface area contributed by atoms with Gasteiger partial charge < -0.3 is 30.3 Å². The minimum Gasteiger partial charge on any atom is -0.480 e. The summed E-state index contributed by atoms with van der Waals surface area (Å²) in [4.78, 5) is 34.4. The van der Waals surface area contributed by atoms with Crippen LogP contribution in [0.4, 0.5) is 17.6 Å². The molecule has 0 bridgehead atoms. The molecular weight excluding hydrogens is 420 g/mol. The quantitative estimate of drug-likeness (QED) is 0.471. The molecule has 11 nitrogen and oxygen atoms in total. The predicted octanol–water partition coefficient (Wildman–Crippen LogP) is 1.28. The van der Waals surface area contributed by atoms with Crippen molar-refractivity contribution < 1.29 is 14.3 Å². The second kappa shape index (κ2) is 9.79. The number of nitrogens with two attached hydrogens (primary N) is 1. The number of hydrogen-bond acceptors (Lipinski definition) is 11. The molecule has 12 heteroatoms. The monoisotopic (exact) mass is 446 g/mol. The number of amides is 1. The largest absolute Gasteiger partial charge is 0.480 e. The fourth-order valence-corrected chi connectivity index (χ4v) is 3.69. The summed E-state index contributed by atoms with van der Waals surface area (Å²) in [6.45, 7) is 8.66. The lowest BCUT2D eigenvalue weighted by Crippen LogP contribution is -2.45. The summed E-state index contributed by atoms with van der Waals surface area (Å²) in [5.41, 5.74) is 6.25. The standard InChI is InChI=1S/C19H26N8O3S/c1-11(2)15(28)22-13-10-12(20)21-19(23-13)31-14-16(29-4)24-18(25-17(14)30-5)27-8-6-26(3)7-9-27/h10H,1,6-9H2,2-5H3,(H3,20,21,22,23,28).